The Morgan fingerprint density at radius 3 is 2.39 bits per heavy atom. The molecule has 190 valence electrons. The summed E-state index contributed by atoms with van der Waals surface area (Å²) in [6.45, 7) is 6.18. The van der Waals surface area contributed by atoms with Crippen LogP contribution >= 0.6 is 22.7 Å². The van der Waals surface area contributed by atoms with Gasteiger partial charge in [0.25, 0.3) is 5.91 Å². The number of hydrogen-bond acceptors (Lipinski definition) is 7. The molecule has 7 nitrogen and oxygen atoms in total. The van der Waals surface area contributed by atoms with Gasteiger partial charge in [-0.05, 0) is 69.2 Å². The van der Waals surface area contributed by atoms with Gasteiger partial charge >= 0.3 is 5.97 Å². The Balaban J connectivity index is 1.61. The van der Waals surface area contributed by atoms with Crippen LogP contribution in [-0.4, -0.2) is 35.9 Å². The van der Waals surface area contributed by atoms with E-state index in [2.05, 4.69) is 17.2 Å². The number of thiazole rings is 1. The quantitative estimate of drug-likeness (QED) is 0.357. The van der Waals surface area contributed by atoms with Gasteiger partial charge in [-0.25, -0.2) is 9.78 Å². The fraction of sp³-hybridized carbons (Fsp3) is 0.407. The second kappa shape index (κ2) is 11.3. The Bertz CT molecular complexity index is 1210. The van der Waals surface area contributed by atoms with Crippen molar-refractivity contribution in [3.05, 3.63) is 51.8 Å². The summed E-state index contributed by atoms with van der Waals surface area (Å²) in [6, 6.07) is 9.19. The van der Waals surface area contributed by atoms with Gasteiger partial charge in [-0.1, -0.05) is 19.1 Å². The number of carbonyl (C=O) groups excluding carboxylic acids is 3. The molecule has 3 aromatic rings. The lowest BCUT2D eigenvalue weighted by atomic mass is 9.82. The van der Waals surface area contributed by atoms with Crippen molar-refractivity contribution in [1.29, 1.82) is 0 Å². The zero-order valence-corrected chi connectivity index (χ0v) is 22.6. The number of esters is 1. The molecule has 0 saturated heterocycles. The Labute approximate surface area is 219 Å². The molecule has 0 unspecified atom stereocenters. The van der Waals surface area contributed by atoms with Crippen molar-refractivity contribution in [2.24, 2.45) is 11.8 Å². The second-order valence-corrected chi connectivity index (χ2v) is 11.3. The number of aromatic nitrogens is 1. The van der Waals surface area contributed by atoms with Crippen LogP contribution in [0.15, 0.2) is 41.2 Å². The minimum Gasteiger partial charge on any atom is -0.465 e. The molecule has 1 saturated carbocycles. The molecule has 0 bridgehead atoms. The van der Waals surface area contributed by atoms with E-state index < -0.39 is 5.97 Å². The number of methoxy groups -OCH3 is 1. The van der Waals surface area contributed by atoms with Crippen LogP contribution in [0.3, 0.4) is 0 Å². The molecule has 0 radical (unpaired) electrons. The van der Waals surface area contributed by atoms with E-state index in [9.17, 15) is 14.4 Å². The highest BCUT2D eigenvalue weighted by molar-refractivity contribution is 7.18. The number of anilines is 2. The number of nitrogens with one attached hydrogen (secondary N) is 1. The molecule has 0 spiro atoms. The van der Waals surface area contributed by atoms with Crippen molar-refractivity contribution in [3.63, 3.8) is 0 Å². The van der Waals surface area contributed by atoms with Crippen LogP contribution in [0.1, 0.15) is 66.6 Å². The molecule has 0 atom stereocenters. The first-order valence-corrected chi connectivity index (χ1v) is 13.9. The van der Waals surface area contributed by atoms with Crippen molar-refractivity contribution >= 4 is 51.8 Å². The minimum atomic E-state index is -0.455. The van der Waals surface area contributed by atoms with Gasteiger partial charge in [0.2, 0.25) is 5.91 Å². The van der Waals surface area contributed by atoms with Crippen LogP contribution in [0.5, 0.6) is 0 Å². The molecule has 2 heterocycles. The molecule has 1 aromatic carbocycles. The van der Waals surface area contributed by atoms with E-state index in [-0.39, 0.29) is 23.8 Å². The predicted molar refractivity (Wildman–Crippen MR) is 145 cm³/mol. The van der Waals surface area contributed by atoms with Crippen molar-refractivity contribution in [2.45, 2.75) is 52.5 Å². The predicted octanol–water partition coefficient (Wildman–Crippen LogP) is 6.48. The molecule has 1 aliphatic carbocycles. The smallest absolute Gasteiger partial charge is 0.350 e. The Morgan fingerprint density at radius 1 is 1.11 bits per heavy atom. The first-order valence-electron chi connectivity index (χ1n) is 12.1. The highest BCUT2D eigenvalue weighted by atomic mass is 32.1. The molecule has 4 rings (SSSR count). The van der Waals surface area contributed by atoms with Gasteiger partial charge in [-0.15, -0.1) is 22.7 Å². The average molecular weight is 526 g/mol. The monoisotopic (exact) mass is 525 g/mol. The van der Waals surface area contributed by atoms with Crippen LogP contribution < -0.4 is 10.2 Å². The van der Waals surface area contributed by atoms with Crippen LogP contribution in [0, 0.1) is 11.8 Å². The standard InChI is InChI=1S/C27H31N3O4S2/c1-16(2)30(26(32)19-7-5-17(3)6-8-19)22-13-23(36-24(22)27(33)34-4)18-9-11-20(12-10-18)29-25(31)21-14-35-15-28-21/h9-17,19H,5-8H2,1-4H3,(H,29,31). The second-order valence-electron chi connectivity index (χ2n) is 9.48. The summed E-state index contributed by atoms with van der Waals surface area (Å²) < 4.78 is 5.07. The van der Waals surface area contributed by atoms with Crippen molar-refractivity contribution in [3.8, 4) is 10.4 Å². The number of amides is 2. The number of ether oxygens (including phenoxy) is 1. The third kappa shape index (κ3) is 5.68. The highest BCUT2D eigenvalue weighted by Crippen LogP contribution is 2.40. The topological polar surface area (TPSA) is 88.6 Å². The summed E-state index contributed by atoms with van der Waals surface area (Å²) >= 11 is 2.67. The molecule has 2 aromatic heterocycles. The lowest BCUT2D eigenvalue weighted by molar-refractivity contribution is -0.123. The summed E-state index contributed by atoms with van der Waals surface area (Å²) in [5.41, 5.74) is 4.12. The van der Waals surface area contributed by atoms with Crippen molar-refractivity contribution in [2.75, 3.05) is 17.3 Å². The van der Waals surface area contributed by atoms with E-state index >= 15 is 0 Å². The van der Waals surface area contributed by atoms with Crippen LogP contribution in [0.4, 0.5) is 11.4 Å². The number of rotatable bonds is 7. The summed E-state index contributed by atoms with van der Waals surface area (Å²) in [5, 5.41) is 4.53. The molecule has 1 N–H and O–H groups in total. The third-order valence-corrected chi connectivity index (χ3v) is 8.29. The summed E-state index contributed by atoms with van der Waals surface area (Å²) in [7, 11) is 1.36. The average Bonchev–Trinajstić information content (AvgIpc) is 3.55. The third-order valence-electron chi connectivity index (χ3n) is 6.55. The van der Waals surface area contributed by atoms with E-state index in [1.165, 1.54) is 29.8 Å². The van der Waals surface area contributed by atoms with Crippen molar-refractivity contribution < 1.29 is 19.1 Å². The number of hydrogen-bond donors (Lipinski definition) is 1. The van der Waals surface area contributed by atoms with Gasteiger partial charge in [0.15, 0.2) is 0 Å². The Hall–Kier alpha value is -3.04. The fourth-order valence-corrected chi connectivity index (χ4v) is 6.14. The zero-order chi connectivity index (χ0) is 25.8. The molecule has 1 fully saturated rings. The fourth-order valence-electron chi connectivity index (χ4n) is 4.53. The van der Waals surface area contributed by atoms with Gasteiger partial charge < -0.3 is 15.0 Å². The molecular weight excluding hydrogens is 494 g/mol. The lowest BCUT2D eigenvalue weighted by Crippen LogP contribution is -2.42. The molecular formula is C27H31N3O4S2. The molecule has 0 aliphatic heterocycles. The van der Waals surface area contributed by atoms with Gasteiger partial charge in [-0.2, -0.15) is 0 Å². The van der Waals surface area contributed by atoms with E-state index in [0.29, 0.717) is 27.9 Å². The van der Waals surface area contributed by atoms with Gasteiger partial charge in [0.1, 0.15) is 10.6 Å². The first kappa shape index (κ1) is 26.0. The van der Waals surface area contributed by atoms with Gasteiger partial charge in [-0.3, -0.25) is 9.59 Å². The Morgan fingerprint density at radius 2 is 1.81 bits per heavy atom. The molecule has 36 heavy (non-hydrogen) atoms. The van der Waals surface area contributed by atoms with E-state index in [0.717, 1.165) is 36.1 Å². The summed E-state index contributed by atoms with van der Waals surface area (Å²) in [4.78, 5) is 45.7. The molecule has 2 amide bonds. The Kier molecular flexibility index (Phi) is 8.21. The molecule has 1 aliphatic rings. The van der Waals surface area contributed by atoms with E-state index in [1.807, 2.05) is 44.2 Å². The summed E-state index contributed by atoms with van der Waals surface area (Å²) in [5.74, 6) is -0.0264. The normalized spacial score (nSPS) is 17.6. The van der Waals surface area contributed by atoms with E-state index in [4.69, 9.17) is 4.74 Å². The van der Waals surface area contributed by atoms with Gasteiger partial charge in [0.05, 0.1) is 18.3 Å². The largest absolute Gasteiger partial charge is 0.465 e. The maximum absolute atomic E-state index is 13.6. The van der Waals surface area contributed by atoms with Crippen LogP contribution in [-0.2, 0) is 9.53 Å². The number of carbonyl (C=O) groups is 3. The number of benzene rings is 1. The summed E-state index contributed by atoms with van der Waals surface area (Å²) in [6.07, 6.45) is 3.85. The SMILES string of the molecule is COC(=O)c1sc(-c2ccc(NC(=O)c3cscn3)cc2)cc1N(C(=O)C1CCC(C)CC1)C(C)C. The van der Waals surface area contributed by atoms with Crippen molar-refractivity contribution in [1.82, 2.24) is 4.98 Å². The minimum absolute atomic E-state index is 0.0296. The maximum atomic E-state index is 13.6. The maximum Gasteiger partial charge on any atom is 0.350 e. The first-order chi connectivity index (χ1) is 17.3. The van der Waals surface area contributed by atoms with Crippen LogP contribution in [0.2, 0.25) is 0 Å². The molecule has 9 heteroatoms. The van der Waals surface area contributed by atoms with E-state index in [1.54, 1.807) is 15.8 Å². The van der Waals surface area contributed by atoms with Gasteiger partial charge in [0, 0.05) is 27.9 Å². The zero-order valence-electron chi connectivity index (χ0n) is 20.9. The lowest BCUT2D eigenvalue weighted by Gasteiger charge is -2.33. The number of thiophene rings is 1. The number of nitrogens with zero attached hydrogens (tertiary/aromatic N) is 2. The highest BCUT2D eigenvalue weighted by Gasteiger charge is 2.33. The van der Waals surface area contributed by atoms with Crippen LogP contribution in [0.25, 0.3) is 10.4 Å².